The Hall–Kier alpha value is -3.81. The number of pyridine rings is 1. The van der Waals surface area contributed by atoms with E-state index in [0.717, 1.165) is 59.4 Å². The Labute approximate surface area is 207 Å². The van der Waals surface area contributed by atoms with E-state index in [9.17, 15) is 13.6 Å². The molecule has 2 aliphatic heterocycles. The van der Waals surface area contributed by atoms with Crippen LogP contribution in [-0.2, 0) is 17.5 Å². The minimum atomic E-state index is -0.924. The second kappa shape index (κ2) is 8.11. The van der Waals surface area contributed by atoms with Crippen LogP contribution in [0.15, 0.2) is 60.8 Å². The van der Waals surface area contributed by atoms with Gasteiger partial charge in [0, 0.05) is 47.9 Å². The van der Waals surface area contributed by atoms with E-state index in [1.807, 2.05) is 35.4 Å². The van der Waals surface area contributed by atoms with Crippen molar-refractivity contribution in [1.29, 1.82) is 0 Å². The molecule has 2 aliphatic rings. The summed E-state index contributed by atoms with van der Waals surface area (Å²) in [5, 5.41) is 8.94. The molecule has 2 aromatic heterocycles. The van der Waals surface area contributed by atoms with Gasteiger partial charge in [0.1, 0.15) is 0 Å². The fraction of sp³-hybridized carbons (Fsp3) is 0.321. The summed E-state index contributed by atoms with van der Waals surface area (Å²) in [5.41, 5.74) is 3.50. The Balaban J connectivity index is 1.21. The second-order valence-electron chi connectivity index (χ2n) is 10.4. The number of hydrogen-bond donors (Lipinski definition) is 1. The van der Waals surface area contributed by atoms with Gasteiger partial charge in [-0.1, -0.05) is 24.3 Å². The summed E-state index contributed by atoms with van der Waals surface area (Å²) in [6.07, 6.45) is 3.65. The molecule has 8 heteroatoms. The monoisotopic (exact) mass is 487 g/mol. The van der Waals surface area contributed by atoms with Crippen LogP contribution in [0.5, 0.6) is 0 Å². The molecule has 6 rings (SSSR count). The van der Waals surface area contributed by atoms with E-state index >= 15 is 0 Å². The number of aromatic nitrogens is 3. The first-order valence-electron chi connectivity index (χ1n) is 12.2. The Kier molecular flexibility index (Phi) is 5.10. The van der Waals surface area contributed by atoms with Crippen LogP contribution in [-0.4, -0.2) is 38.8 Å². The molecular weight excluding hydrogens is 460 g/mol. The van der Waals surface area contributed by atoms with Crippen molar-refractivity contribution in [2.45, 2.75) is 44.2 Å². The molecule has 0 aliphatic carbocycles. The lowest BCUT2D eigenvalue weighted by molar-refractivity contribution is 0.194. The van der Waals surface area contributed by atoms with Crippen molar-refractivity contribution in [1.82, 2.24) is 25.0 Å². The van der Waals surface area contributed by atoms with Gasteiger partial charge in [-0.05, 0) is 62.6 Å². The number of likely N-dealkylation sites (tertiary alicyclic amines) is 1. The SMILES string of the molecule is CC(C)(NC(=O)N1CCC2(CCn3nc(-c4cnc5ccccc5c4)cc32)C1)c1ccc(F)c(F)c1. The summed E-state index contributed by atoms with van der Waals surface area (Å²) in [4.78, 5) is 19.6. The minimum absolute atomic E-state index is 0.140. The summed E-state index contributed by atoms with van der Waals surface area (Å²) in [5.74, 6) is -1.83. The number of nitrogens with zero attached hydrogens (tertiary/aromatic N) is 4. The molecule has 1 unspecified atom stereocenters. The number of fused-ring (bicyclic) bond motifs is 3. The van der Waals surface area contributed by atoms with E-state index in [2.05, 4.69) is 27.1 Å². The van der Waals surface area contributed by atoms with Crippen LogP contribution >= 0.6 is 0 Å². The van der Waals surface area contributed by atoms with Gasteiger partial charge in [-0.15, -0.1) is 0 Å². The summed E-state index contributed by atoms with van der Waals surface area (Å²) >= 11 is 0. The third-order valence-electron chi connectivity index (χ3n) is 7.71. The number of carbonyl (C=O) groups is 1. The summed E-state index contributed by atoms with van der Waals surface area (Å²) in [6, 6.07) is 15.8. The van der Waals surface area contributed by atoms with Gasteiger partial charge in [0.25, 0.3) is 0 Å². The minimum Gasteiger partial charge on any atom is -0.329 e. The molecular formula is C28H27F2N5O. The number of carbonyl (C=O) groups excluding carboxylic acids is 1. The number of aryl methyl sites for hydroxylation is 1. The van der Waals surface area contributed by atoms with Gasteiger partial charge in [0.2, 0.25) is 0 Å². The van der Waals surface area contributed by atoms with Gasteiger partial charge in [-0.2, -0.15) is 5.10 Å². The van der Waals surface area contributed by atoms with Gasteiger partial charge >= 0.3 is 6.03 Å². The maximum atomic E-state index is 13.8. The van der Waals surface area contributed by atoms with Crippen molar-refractivity contribution in [3.63, 3.8) is 0 Å². The number of hydrogen-bond acceptors (Lipinski definition) is 3. The van der Waals surface area contributed by atoms with Gasteiger partial charge < -0.3 is 10.2 Å². The number of nitrogens with one attached hydrogen (secondary N) is 1. The zero-order valence-corrected chi connectivity index (χ0v) is 20.3. The number of halogens is 2. The summed E-state index contributed by atoms with van der Waals surface area (Å²) in [6.45, 7) is 5.60. The Bertz CT molecular complexity index is 1500. The Morgan fingerprint density at radius 2 is 1.83 bits per heavy atom. The molecule has 4 aromatic rings. The average Bonchev–Trinajstić information content (AvgIpc) is 3.57. The molecule has 1 spiro atoms. The van der Waals surface area contributed by atoms with Crippen LogP contribution < -0.4 is 5.32 Å². The highest BCUT2D eigenvalue weighted by Crippen LogP contribution is 2.44. The van der Waals surface area contributed by atoms with Gasteiger partial charge in [0.05, 0.1) is 16.7 Å². The quantitative estimate of drug-likeness (QED) is 0.423. The Morgan fingerprint density at radius 3 is 2.67 bits per heavy atom. The van der Waals surface area contributed by atoms with Crippen molar-refractivity contribution in [2.75, 3.05) is 13.1 Å². The standard InChI is InChI=1S/C28H27F2N5O/c1-27(2,20-7-8-21(29)22(30)14-20)32-26(36)34-11-9-28(17-34)10-12-35-25(28)15-24(33-35)19-13-18-5-3-4-6-23(18)31-16-19/h3-8,13-16H,9-12,17H2,1-2H3,(H,32,36). The lowest BCUT2D eigenvalue weighted by Gasteiger charge is -2.30. The summed E-state index contributed by atoms with van der Waals surface area (Å²) in [7, 11) is 0. The van der Waals surface area contributed by atoms with E-state index in [1.165, 1.54) is 6.07 Å². The Morgan fingerprint density at radius 1 is 1.03 bits per heavy atom. The maximum absolute atomic E-state index is 13.8. The molecule has 36 heavy (non-hydrogen) atoms. The fourth-order valence-electron chi connectivity index (χ4n) is 5.58. The molecule has 0 bridgehead atoms. The van der Waals surface area contributed by atoms with Gasteiger partial charge in [-0.25, -0.2) is 13.6 Å². The molecule has 1 atom stereocenters. The third-order valence-corrected chi connectivity index (χ3v) is 7.71. The number of rotatable bonds is 3. The molecule has 1 saturated heterocycles. The maximum Gasteiger partial charge on any atom is 0.318 e. The number of para-hydroxylation sites is 1. The van der Waals surface area contributed by atoms with Crippen LogP contribution in [0, 0.1) is 11.6 Å². The number of benzene rings is 2. The van der Waals surface area contributed by atoms with Crippen molar-refractivity contribution < 1.29 is 13.6 Å². The summed E-state index contributed by atoms with van der Waals surface area (Å²) < 4.78 is 29.2. The molecule has 1 fully saturated rings. The van der Waals surface area contributed by atoms with Crippen LogP contribution in [0.4, 0.5) is 13.6 Å². The number of amides is 2. The van der Waals surface area contributed by atoms with Crippen molar-refractivity contribution in [2.24, 2.45) is 0 Å². The van der Waals surface area contributed by atoms with E-state index in [0.29, 0.717) is 18.7 Å². The predicted octanol–water partition coefficient (Wildman–Crippen LogP) is 5.37. The molecule has 2 aromatic carbocycles. The zero-order valence-electron chi connectivity index (χ0n) is 20.3. The van der Waals surface area contributed by atoms with Crippen molar-refractivity contribution in [3.8, 4) is 11.3 Å². The lowest BCUT2D eigenvalue weighted by atomic mass is 9.82. The highest BCUT2D eigenvalue weighted by molar-refractivity contribution is 5.83. The van der Waals surface area contributed by atoms with E-state index < -0.39 is 17.2 Å². The van der Waals surface area contributed by atoms with Crippen LogP contribution in [0.3, 0.4) is 0 Å². The molecule has 184 valence electrons. The topological polar surface area (TPSA) is 63.1 Å². The van der Waals surface area contributed by atoms with Crippen molar-refractivity contribution in [3.05, 3.63) is 83.7 Å². The lowest BCUT2D eigenvalue weighted by Crippen LogP contribution is -2.48. The van der Waals surface area contributed by atoms with E-state index in [-0.39, 0.29) is 11.4 Å². The smallest absolute Gasteiger partial charge is 0.318 e. The molecule has 6 nitrogen and oxygen atoms in total. The first kappa shape index (κ1) is 22.6. The van der Waals surface area contributed by atoms with Gasteiger partial charge in [-0.3, -0.25) is 9.67 Å². The first-order chi connectivity index (χ1) is 17.2. The van der Waals surface area contributed by atoms with E-state index in [1.54, 1.807) is 13.8 Å². The second-order valence-corrected chi connectivity index (χ2v) is 10.4. The zero-order chi connectivity index (χ0) is 25.1. The predicted molar refractivity (Wildman–Crippen MR) is 133 cm³/mol. The van der Waals surface area contributed by atoms with E-state index in [4.69, 9.17) is 5.10 Å². The van der Waals surface area contributed by atoms with Gasteiger partial charge in [0.15, 0.2) is 11.6 Å². The first-order valence-corrected chi connectivity index (χ1v) is 12.2. The third kappa shape index (κ3) is 3.72. The van der Waals surface area contributed by atoms with Crippen LogP contribution in [0.2, 0.25) is 0 Å². The number of urea groups is 1. The average molecular weight is 488 g/mol. The highest BCUT2D eigenvalue weighted by atomic mass is 19.2. The highest BCUT2D eigenvalue weighted by Gasteiger charge is 2.47. The van der Waals surface area contributed by atoms with Crippen LogP contribution in [0.1, 0.15) is 37.9 Å². The molecule has 2 amide bonds. The molecule has 0 radical (unpaired) electrons. The largest absolute Gasteiger partial charge is 0.329 e. The molecule has 1 N–H and O–H groups in total. The fourth-order valence-corrected chi connectivity index (χ4v) is 5.58. The van der Waals surface area contributed by atoms with Crippen LogP contribution in [0.25, 0.3) is 22.2 Å². The molecule has 4 heterocycles. The molecule has 0 saturated carbocycles. The normalized spacial score (nSPS) is 19.3. The van der Waals surface area contributed by atoms with Crippen molar-refractivity contribution >= 4 is 16.9 Å².